The van der Waals surface area contributed by atoms with Crippen LogP contribution >= 0.6 is 139 Å². The van der Waals surface area contributed by atoms with Crippen LogP contribution in [0, 0.1) is 23.7 Å². The molecule has 0 radical (unpaired) electrons. The average Bonchev–Trinajstić information content (AvgIpc) is 2.96. The van der Waals surface area contributed by atoms with Crippen molar-refractivity contribution < 1.29 is 0 Å². The molecule has 8 atom stereocenters. The molecule has 0 unspecified atom stereocenters. The van der Waals surface area contributed by atoms with E-state index >= 15 is 0 Å². The summed E-state index contributed by atoms with van der Waals surface area (Å²) in [6.07, 6.45) is 2.22. The summed E-state index contributed by atoms with van der Waals surface area (Å²) in [6.45, 7) is 0. The van der Waals surface area contributed by atoms with Crippen LogP contribution in [-0.4, -0.2) is 28.2 Å². The summed E-state index contributed by atoms with van der Waals surface area (Å²) in [6, 6.07) is 0. The van der Waals surface area contributed by atoms with Crippen molar-refractivity contribution in [1.29, 1.82) is 0 Å². The Balaban J connectivity index is 1.62. The first kappa shape index (κ1) is 24.6. The topological polar surface area (TPSA) is 0 Å². The molecule has 0 aromatic heterocycles. The van der Waals surface area contributed by atoms with Crippen molar-refractivity contribution in [2.45, 2.75) is 53.8 Å². The summed E-state index contributed by atoms with van der Waals surface area (Å²) in [5.41, 5.74) is 0. The quantitative estimate of drug-likeness (QED) is 0.229. The molecule has 0 N–H and O–H groups in total. The van der Waals surface area contributed by atoms with Crippen LogP contribution in [0.5, 0.6) is 0 Å². The summed E-state index contributed by atoms with van der Waals surface area (Å²) in [4.78, 5) is -5.28. The molecule has 0 heterocycles. The number of rotatable bonds is 0. The predicted molar refractivity (Wildman–Crippen MR) is 133 cm³/mol. The number of allylic oxidation sites excluding steroid dienone is 4. The van der Waals surface area contributed by atoms with Gasteiger partial charge in [0.2, 0.25) is 0 Å². The van der Waals surface area contributed by atoms with Crippen LogP contribution in [0.4, 0.5) is 0 Å². The molecule has 5 aliphatic carbocycles. The maximum Gasteiger partial charge on any atom is 0.166 e. The van der Waals surface area contributed by atoms with Crippen molar-refractivity contribution in [1.82, 2.24) is 0 Å². The fourth-order valence-corrected chi connectivity index (χ4v) is 13.0. The van der Waals surface area contributed by atoms with Crippen molar-refractivity contribution in [3.63, 3.8) is 0 Å². The van der Waals surface area contributed by atoms with Crippen molar-refractivity contribution in [3.05, 3.63) is 20.1 Å². The molecule has 5 aliphatic rings. The van der Waals surface area contributed by atoms with Gasteiger partial charge in [0.1, 0.15) is 19.5 Å². The van der Waals surface area contributed by atoms with Gasteiger partial charge in [0.25, 0.3) is 0 Å². The lowest BCUT2D eigenvalue weighted by Crippen LogP contribution is -2.45. The van der Waals surface area contributed by atoms with Gasteiger partial charge in [0, 0.05) is 0 Å². The Morgan fingerprint density at radius 1 is 0.400 bits per heavy atom. The Bertz CT molecular complexity index is 782. The summed E-state index contributed by atoms with van der Waals surface area (Å²) < 4.78 is -3.17. The molecule has 12 heteroatoms. The van der Waals surface area contributed by atoms with Crippen LogP contribution in [0.25, 0.3) is 0 Å². The molecule has 168 valence electrons. The summed E-state index contributed by atoms with van der Waals surface area (Å²) in [5.74, 6) is -0.976. The minimum atomic E-state index is -1.58. The average molecular weight is 654 g/mol. The molecule has 0 aromatic carbocycles. The number of hydrogen-bond acceptors (Lipinski definition) is 0. The standard InChI is InChI=1S/C18H12Cl12/c19-9-10(20)15(25)7-3-4-8-6(2-1-5(7)13(9,23)17(15,27)28)14(24)11(21)12(22)16(8,26)18(14,29)30/h5-8H,1-4H2/t5-,6-,7-,8+,13-,14-,15+,16+/m0/s1. The van der Waals surface area contributed by atoms with E-state index < -0.39 is 28.2 Å². The molecule has 0 aromatic rings. The van der Waals surface area contributed by atoms with Gasteiger partial charge in [-0.05, 0) is 49.4 Å². The van der Waals surface area contributed by atoms with Gasteiger partial charge in [-0.1, -0.05) is 92.8 Å². The van der Waals surface area contributed by atoms with Crippen molar-refractivity contribution in [3.8, 4) is 0 Å². The molecule has 0 nitrogen and oxygen atoms in total. The zero-order valence-electron chi connectivity index (χ0n) is 14.7. The van der Waals surface area contributed by atoms with Crippen molar-refractivity contribution >= 4 is 139 Å². The second-order valence-electron chi connectivity index (χ2n) is 8.83. The number of fused-ring (bicyclic) bond motifs is 10. The minimum Gasteiger partial charge on any atom is -0.109 e. The van der Waals surface area contributed by atoms with E-state index in [4.69, 9.17) is 139 Å². The van der Waals surface area contributed by atoms with Gasteiger partial charge >= 0.3 is 0 Å². The molecule has 5 rings (SSSR count). The molecule has 30 heavy (non-hydrogen) atoms. The smallest absolute Gasteiger partial charge is 0.109 e. The van der Waals surface area contributed by atoms with Crippen LogP contribution in [-0.2, 0) is 0 Å². The van der Waals surface area contributed by atoms with E-state index in [0.717, 1.165) is 0 Å². The third-order valence-electron chi connectivity index (χ3n) is 8.08. The van der Waals surface area contributed by atoms with E-state index in [2.05, 4.69) is 0 Å². The van der Waals surface area contributed by atoms with E-state index in [0.29, 0.717) is 25.7 Å². The highest BCUT2D eigenvalue weighted by Crippen LogP contribution is 2.81. The third kappa shape index (κ3) is 2.18. The van der Waals surface area contributed by atoms with E-state index in [1.165, 1.54) is 0 Å². The fourth-order valence-electron chi connectivity index (χ4n) is 6.73. The number of halogens is 12. The Hall–Kier alpha value is 2.96. The molecule has 3 fully saturated rings. The molecule has 4 bridgehead atoms. The van der Waals surface area contributed by atoms with E-state index in [1.54, 1.807) is 0 Å². The molecule has 0 saturated heterocycles. The lowest BCUT2D eigenvalue weighted by atomic mass is 9.67. The molecule has 0 aliphatic heterocycles. The second kappa shape index (κ2) is 6.83. The van der Waals surface area contributed by atoms with Crippen LogP contribution in [0.2, 0.25) is 0 Å². The normalized spacial score (nSPS) is 55.6. The Morgan fingerprint density at radius 3 is 0.733 bits per heavy atom. The van der Waals surface area contributed by atoms with E-state index in [-0.39, 0.29) is 43.8 Å². The third-order valence-corrected chi connectivity index (χ3v) is 16.8. The van der Waals surface area contributed by atoms with Crippen LogP contribution in [0.1, 0.15) is 25.7 Å². The fraction of sp³-hybridized carbons (Fsp3) is 0.778. The minimum absolute atomic E-state index is 0.191. The molecular formula is C18H12Cl12. The largest absolute Gasteiger partial charge is 0.166 e. The molecular weight excluding hydrogens is 642 g/mol. The lowest BCUT2D eigenvalue weighted by molar-refractivity contribution is 0.175. The first-order chi connectivity index (χ1) is 13.6. The van der Waals surface area contributed by atoms with Gasteiger partial charge in [-0.15, -0.1) is 46.4 Å². The number of alkyl halides is 8. The summed E-state index contributed by atoms with van der Waals surface area (Å²) in [5, 5.41) is 0.765. The summed E-state index contributed by atoms with van der Waals surface area (Å²) in [7, 11) is 0. The number of hydrogen-bond donors (Lipinski definition) is 0. The maximum absolute atomic E-state index is 7.02. The highest BCUT2D eigenvalue weighted by atomic mass is 35.5. The van der Waals surface area contributed by atoms with Crippen LogP contribution in [0.15, 0.2) is 20.1 Å². The first-order valence-corrected chi connectivity index (χ1v) is 13.8. The first-order valence-electron chi connectivity index (χ1n) is 9.22. The van der Waals surface area contributed by atoms with Gasteiger partial charge in [0.15, 0.2) is 8.67 Å². The van der Waals surface area contributed by atoms with Gasteiger partial charge < -0.3 is 0 Å². The van der Waals surface area contributed by atoms with E-state index in [1.807, 2.05) is 0 Å². The molecule has 3 saturated carbocycles. The Labute approximate surface area is 234 Å². The maximum atomic E-state index is 7.02. The zero-order chi connectivity index (χ0) is 22.4. The van der Waals surface area contributed by atoms with Crippen LogP contribution < -0.4 is 0 Å². The van der Waals surface area contributed by atoms with Crippen molar-refractivity contribution in [2.75, 3.05) is 0 Å². The summed E-state index contributed by atoms with van der Waals surface area (Å²) >= 11 is 81.3. The Morgan fingerprint density at radius 2 is 0.567 bits per heavy atom. The second-order valence-corrected chi connectivity index (χ2v) is 15.4. The molecule has 0 amide bonds. The highest BCUT2D eigenvalue weighted by Gasteiger charge is 2.85. The van der Waals surface area contributed by atoms with E-state index in [9.17, 15) is 0 Å². The van der Waals surface area contributed by atoms with Crippen LogP contribution in [0.3, 0.4) is 0 Å². The monoisotopic (exact) mass is 648 g/mol. The SMILES string of the molecule is ClC1=C(Cl)[C@]2(Cl)[C@@H]3CC[C@H]4[C@H](CC[C@@H]3[C@@]1(Cl)C2(Cl)Cl)[C@]1(Cl)C(Cl)=C(Cl)[C@@]4(Cl)C1(Cl)Cl. The predicted octanol–water partition coefficient (Wildman–Crippen LogP) is 9.72. The lowest BCUT2D eigenvalue weighted by Gasteiger charge is -2.44. The van der Waals surface area contributed by atoms with Gasteiger partial charge in [0.05, 0.1) is 20.1 Å². The highest BCUT2D eigenvalue weighted by molar-refractivity contribution is 6.66. The Kier molecular flexibility index (Phi) is 5.61. The zero-order valence-corrected chi connectivity index (χ0v) is 23.7. The van der Waals surface area contributed by atoms with Gasteiger partial charge in [-0.2, -0.15) is 0 Å². The van der Waals surface area contributed by atoms with Crippen molar-refractivity contribution in [2.24, 2.45) is 23.7 Å². The van der Waals surface area contributed by atoms with Gasteiger partial charge in [-0.3, -0.25) is 0 Å². The van der Waals surface area contributed by atoms with Gasteiger partial charge in [-0.25, -0.2) is 0 Å². The molecule has 0 spiro atoms.